The van der Waals surface area contributed by atoms with Gasteiger partial charge in [0, 0.05) is 25.7 Å². The highest BCUT2D eigenvalue weighted by molar-refractivity contribution is 5.91. The van der Waals surface area contributed by atoms with Gasteiger partial charge in [-0.15, -0.1) is 0 Å². The van der Waals surface area contributed by atoms with Gasteiger partial charge in [0.05, 0.1) is 20.3 Å². The molecule has 1 saturated heterocycles. The molecule has 0 unspecified atom stereocenters. The molecule has 1 fully saturated rings. The van der Waals surface area contributed by atoms with E-state index in [9.17, 15) is 4.79 Å². The fourth-order valence-electron chi connectivity index (χ4n) is 2.28. The van der Waals surface area contributed by atoms with Gasteiger partial charge in [0.1, 0.15) is 5.75 Å². The normalized spacial score (nSPS) is 15.2. The Labute approximate surface area is 144 Å². The van der Waals surface area contributed by atoms with Crippen LogP contribution in [0.15, 0.2) is 30.3 Å². The number of nitrogens with one attached hydrogen (secondary N) is 1. The Hall–Kier alpha value is -1.56. The first-order valence-electron chi connectivity index (χ1n) is 7.68. The second-order valence-corrected chi connectivity index (χ2v) is 5.21. The molecule has 1 aliphatic rings. The molecule has 128 valence electrons. The molecule has 2 rings (SSSR count). The quantitative estimate of drug-likeness (QED) is 0.488. The maximum atomic E-state index is 11.7. The van der Waals surface area contributed by atoms with Crippen LogP contribution in [0, 0.1) is 0 Å². The number of carbonyl (C=O) groups excluding carboxylic acids is 1. The third-order valence-corrected chi connectivity index (χ3v) is 3.60. The van der Waals surface area contributed by atoms with E-state index in [1.54, 1.807) is 19.3 Å². The first kappa shape index (κ1) is 19.5. The van der Waals surface area contributed by atoms with E-state index in [0.29, 0.717) is 6.54 Å². The Morgan fingerprint density at radius 3 is 2.65 bits per heavy atom. The van der Waals surface area contributed by atoms with Gasteiger partial charge in [-0.1, -0.05) is 12.1 Å². The second-order valence-electron chi connectivity index (χ2n) is 5.21. The van der Waals surface area contributed by atoms with Gasteiger partial charge in [0.25, 0.3) is 0 Å². The molecule has 1 amide bonds. The number of nitrogens with zero attached hydrogens (tertiary/aromatic N) is 1. The van der Waals surface area contributed by atoms with Gasteiger partial charge < -0.3 is 27.2 Å². The molecule has 1 heterocycles. The molecule has 0 aliphatic carbocycles. The van der Waals surface area contributed by atoms with Gasteiger partial charge in [-0.05, 0) is 36.7 Å². The van der Waals surface area contributed by atoms with Gasteiger partial charge in [-0.3, -0.25) is 9.69 Å². The molecule has 23 heavy (non-hydrogen) atoms. The maximum Gasteiger partial charge on any atom is 0.243 e. The lowest BCUT2D eigenvalue weighted by Crippen LogP contribution is -3.00. The molecule has 5 nitrogen and oxygen atoms in total. The van der Waals surface area contributed by atoms with E-state index >= 15 is 0 Å². The Kier molecular flexibility index (Phi) is 9.36. The Morgan fingerprint density at radius 1 is 1.30 bits per heavy atom. The van der Waals surface area contributed by atoms with Crippen molar-refractivity contribution in [2.75, 3.05) is 46.5 Å². The summed E-state index contributed by atoms with van der Waals surface area (Å²) in [6.45, 7) is 5.32. The Morgan fingerprint density at radius 2 is 2.00 bits per heavy atom. The van der Waals surface area contributed by atoms with E-state index < -0.39 is 0 Å². The minimum atomic E-state index is -0.0576. The van der Waals surface area contributed by atoms with Crippen LogP contribution < -0.4 is 22.5 Å². The average Bonchev–Trinajstić information content (AvgIpc) is 2.58. The zero-order chi connectivity index (χ0) is 15.6. The van der Waals surface area contributed by atoms with E-state index in [2.05, 4.69) is 10.2 Å². The highest BCUT2D eigenvalue weighted by Crippen LogP contribution is 2.12. The monoisotopic (exact) mass is 339 g/mol. The van der Waals surface area contributed by atoms with Crippen molar-refractivity contribution in [2.24, 2.45) is 0 Å². The second kappa shape index (κ2) is 11.0. The number of methoxy groups -OCH3 is 1. The van der Waals surface area contributed by atoms with E-state index in [-0.39, 0.29) is 18.3 Å². The van der Waals surface area contributed by atoms with Crippen molar-refractivity contribution in [3.8, 4) is 5.75 Å². The highest BCUT2D eigenvalue weighted by Gasteiger charge is 2.09. The fourth-order valence-corrected chi connectivity index (χ4v) is 2.28. The number of halogens is 1. The van der Waals surface area contributed by atoms with Crippen LogP contribution >= 0.6 is 0 Å². The third kappa shape index (κ3) is 7.50. The lowest BCUT2D eigenvalue weighted by Gasteiger charge is -2.26. The average molecular weight is 340 g/mol. The summed E-state index contributed by atoms with van der Waals surface area (Å²) in [5, 5.41) is 2.91. The third-order valence-electron chi connectivity index (χ3n) is 3.60. The van der Waals surface area contributed by atoms with Gasteiger partial charge in [0.15, 0.2) is 0 Å². The zero-order valence-corrected chi connectivity index (χ0v) is 14.2. The molecule has 0 bridgehead atoms. The van der Waals surface area contributed by atoms with Crippen LogP contribution in [0.5, 0.6) is 5.75 Å². The summed E-state index contributed by atoms with van der Waals surface area (Å²) >= 11 is 0. The molecular weight excluding hydrogens is 316 g/mol. The summed E-state index contributed by atoms with van der Waals surface area (Å²) in [5.74, 6) is 0.752. The predicted octanol–water partition coefficient (Wildman–Crippen LogP) is -1.45. The van der Waals surface area contributed by atoms with E-state index in [4.69, 9.17) is 9.47 Å². The largest absolute Gasteiger partial charge is 1.00 e. The van der Waals surface area contributed by atoms with Crippen molar-refractivity contribution < 1.29 is 26.7 Å². The van der Waals surface area contributed by atoms with Crippen LogP contribution in [0.3, 0.4) is 0 Å². The molecule has 0 spiro atoms. The van der Waals surface area contributed by atoms with Gasteiger partial charge in [-0.25, -0.2) is 0 Å². The number of benzene rings is 1. The molecular formula is C17H24ClN2O3-. The molecule has 0 atom stereocenters. The molecule has 1 N–H and O–H groups in total. The first-order chi connectivity index (χ1) is 10.8. The van der Waals surface area contributed by atoms with E-state index in [1.807, 2.05) is 24.3 Å². The molecule has 1 aromatic carbocycles. The molecule has 1 aromatic rings. The SMILES string of the molecule is COc1ccc(/C=C/C(=O)NCCCN2CCOCC2)cc1.[Cl-]. The molecule has 0 saturated carbocycles. The minimum absolute atomic E-state index is 0. The van der Waals surface area contributed by atoms with Crippen LogP contribution in [0.25, 0.3) is 6.08 Å². The predicted molar refractivity (Wildman–Crippen MR) is 86.9 cm³/mol. The molecule has 0 aromatic heterocycles. The van der Waals surface area contributed by atoms with Crippen LogP contribution in [0.2, 0.25) is 0 Å². The summed E-state index contributed by atoms with van der Waals surface area (Å²) in [6, 6.07) is 7.59. The molecule has 6 heteroatoms. The lowest BCUT2D eigenvalue weighted by atomic mass is 10.2. The summed E-state index contributed by atoms with van der Waals surface area (Å²) in [4.78, 5) is 14.1. The summed E-state index contributed by atoms with van der Waals surface area (Å²) in [6.07, 6.45) is 4.33. The number of rotatable bonds is 7. The minimum Gasteiger partial charge on any atom is -1.00 e. The number of hydrogen-bond acceptors (Lipinski definition) is 4. The lowest BCUT2D eigenvalue weighted by molar-refractivity contribution is -0.116. The smallest absolute Gasteiger partial charge is 0.243 e. The summed E-state index contributed by atoms with van der Waals surface area (Å²) < 4.78 is 10.4. The van der Waals surface area contributed by atoms with Crippen molar-refractivity contribution in [3.05, 3.63) is 35.9 Å². The van der Waals surface area contributed by atoms with Crippen molar-refractivity contribution in [1.29, 1.82) is 0 Å². The van der Waals surface area contributed by atoms with Gasteiger partial charge in [0.2, 0.25) is 5.91 Å². The molecule has 1 aliphatic heterocycles. The van der Waals surface area contributed by atoms with Gasteiger partial charge >= 0.3 is 0 Å². The number of hydrogen-bond donors (Lipinski definition) is 1. The fraction of sp³-hybridized carbons (Fsp3) is 0.471. The highest BCUT2D eigenvalue weighted by atomic mass is 35.5. The first-order valence-corrected chi connectivity index (χ1v) is 7.68. The number of amides is 1. The van der Waals surface area contributed by atoms with E-state index in [0.717, 1.165) is 50.6 Å². The maximum absolute atomic E-state index is 11.7. The summed E-state index contributed by atoms with van der Waals surface area (Å²) in [7, 11) is 1.63. The number of ether oxygens (including phenoxy) is 2. The van der Waals surface area contributed by atoms with Crippen molar-refractivity contribution in [2.45, 2.75) is 6.42 Å². The zero-order valence-electron chi connectivity index (χ0n) is 13.5. The molecule has 0 radical (unpaired) electrons. The number of carbonyl (C=O) groups is 1. The van der Waals surface area contributed by atoms with Crippen LogP contribution in [0.1, 0.15) is 12.0 Å². The number of morpholine rings is 1. The van der Waals surface area contributed by atoms with Crippen LogP contribution in [0.4, 0.5) is 0 Å². The van der Waals surface area contributed by atoms with Crippen LogP contribution in [-0.2, 0) is 9.53 Å². The topological polar surface area (TPSA) is 50.8 Å². The van der Waals surface area contributed by atoms with Gasteiger partial charge in [-0.2, -0.15) is 0 Å². The van der Waals surface area contributed by atoms with E-state index in [1.165, 1.54) is 0 Å². The Bertz CT molecular complexity index is 485. The van der Waals surface area contributed by atoms with Crippen molar-refractivity contribution >= 4 is 12.0 Å². The standard InChI is InChI=1S/C17H24N2O3.ClH/c1-21-16-6-3-15(4-7-16)5-8-17(20)18-9-2-10-19-11-13-22-14-12-19;/h3-8H,2,9-14H2,1H3,(H,18,20);1H/p-1/b8-5+;. The van der Waals surface area contributed by atoms with Crippen LogP contribution in [-0.4, -0.2) is 57.3 Å². The van der Waals surface area contributed by atoms with Crippen molar-refractivity contribution in [3.63, 3.8) is 0 Å². The Balaban J connectivity index is 0.00000264. The van der Waals surface area contributed by atoms with Crippen molar-refractivity contribution in [1.82, 2.24) is 10.2 Å². The summed E-state index contributed by atoms with van der Waals surface area (Å²) in [5.41, 5.74) is 0.976.